The molecule has 0 saturated heterocycles. The Labute approximate surface area is 304 Å². The molecule has 38 heavy (non-hydrogen) atoms. The minimum atomic E-state index is -1.42. The van der Waals surface area contributed by atoms with Gasteiger partial charge < -0.3 is 40.2 Å². The molecule has 0 aliphatic heterocycles. The van der Waals surface area contributed by atoms with Crippen molar-refractivity contribution in [3.8, 4) is 11.5 Å². The van der Waals surface area contributed by atoms with Crippen molar-refractivity contribution >= 4 is 23.9 Å². The monoisotopic (exact) mass is 580 g/mol. The van der Waals surface area contributed by atoms with Crippen LogP contribution in [0.15, 0.2) is 36.4 Å². The summed E-state index contributed by atoms with van der Waals surface area (Å²) in [6, 6.07) is 8.36. The summed E-state index contributed by atoms with van der Waals surface area (Å²) in [5.41, 5.74) is 1.36. The predicted octanol–water partition coefficient (Wildman–Crippen LogP) is -7.84. The van der Waals surface area contributed by atoms with Crippen LogP contribution in [0.3, 0.4) is 0 Å². The Hall–Kier alpha value is -0.887. The number of rotatable bonds is 15. The smallest absolute Gasteiger partial charge is 0.549 e. The van der Waals surface area contributed by atoms with E-state index in [-0.39, 0.29) is 164 Å². The van der Waals surface area contributed by atoms with Crippen LogP contribution < -0.4 is 113 Å². The SMILES string of the molecule is O=C([O-])CN(CCN(CC(=O)[O-])Cc1cc(CC(=O)O)ccc1O)Cc1cc(CC(=O)O)ccc1O.[K+].[K+]. The average molecular weight is 581 g/mol. The largest absolute Gasteiger partial charge is 1.00 e. The molecule has 0 fully saturated rings. The molecular formula is C24H26K2N2O10. The molecular weight excluding hydrogens is 554 g/mol. The fraction of sp³-hybridized carbons (Fsp3) is 0.333. The summed E-state index contributed by atoms with van der Waals surface area (Å²) in [4.78, 5) is 47.3. The Morgan fingerprint density at radius 1 is 0.658 bits per heavy atom. The van der Waals surface area contributed by atoms with Crippen LogP contribution >= 0.6 is 0 Å². The number of hydrogen-bond acceptors (Lipinski definition) is 10. The summed E-state index contributed by atoms with van der Waals surface area (Å²) >= 11 is 0. The van der Waals surface area contributed by atoms with Crippen LogP contribution in [-0.4, -0.2) is 80.3 Å². The van der Waals surface area contributed by atoms with Gasteiger partial charge in [0.25, 0.3) is 0 Å². The Bertz CT molecular complexity index is 1040. The van der Waals surface area contributed by atoms with E-state index in [1.807, 2.05) is 0 Å². The van der Waals surface area contributed by atoms with Gasteiger partial charge in [-0.3, -0.25) is 19.4 Å². The molecule has 2 aromatic rings. The van der Waals surface area contributed by atoms with Gasteiger partial charge in [0, 0.05) is 50.4 Å². The molecule has 0 bridgehead atoms. The maximum Gasteiger partial charge on any atom is 1.00 e. The van der Waals surface area contributed by atoms with Gasteiger partial charge in [0.15, 0.2) is 0 Å². The summed E-state index contributed by atoms with van der Waals surface area (Å²) in [6.45, 7) is -1.29. The zero-order chi connectivity index (χ0) is 26.8. The molecule has 0 saturated carbocycles. The fourth-order valence-corrected chi connectivity index (χ4v) is 3.66. The van der Waals surface area contributed by atoms with E-state index < -0.39 is 37.0 Å². The van der Waals surface area contributed by atoms with Crippen LogP contribution in [0.5, 0.6) is 11.5 Å². The topological polar surface area (TPSA) is 202 Å². The van der Waals surface area contributed by atoms with Crippen LogP contribution in [0.2, 0.25) is 0 Å². The molecule has 0 unspecified atom stereocenters. The first-order chi connectivity index (χ1) is 16.9. The number of carbonyl (C=O) groups is 4. The average Bonchev–Trinajstić information content (AvgIpc) is 2.75. The predicted molar refractivity (Wildman–Crippen MR) is 119 cm³/mol. The molecule has 0 aromatic heterocycles. The van der Waals surface area contributed by atoms with E-state index in [0.717, 1.165) is 0 Å². The summed E-state index contributed by atoms with van der Waals surface area (Å²) in [5, 5.41) is 60.9. The van der Waals surface area contributed by atoms with Crippen LogP contribution in [0.1, 0.15) is 22.3 Å². The first-order valence-electron chi connectivity index (χ1n) is 10.8. The van der Waals surface area contributed by atoms with Crippen molar-refractivity contribution in [1.82, 2.24) is 9.80 Å². The number of nitrogens with zero attached hydrogens (tertiary/aromatic N) is 2. The van der Waals surface area contributed by atoms with Crippen LogP contribution in [0.25, 0.3) is 0 Å². The number of phenols is 2. The van der Waals surface area contributed by atoms with E-state index in [0.29, 0.717) is 11.1 Å². The second-order valence-electron chi connectivity index (χ2n) is 8.23. The number of aliphatic carboxylic acids is 4. The molecule has 0 heterocycles. The Kier molecular flexibility index (Phi) is 18.0. The molecule has 4 N–H and O–H groups in total. The van der Waals surface area contributed by atoms with Crippen molar-refractivity contribution < 1.29 is 153 Å². The van der Waals surface area contributed by atoms with Crippen molar-refractivity contribution in [3.05, 3.63) is 58.7 Å². The van der Waals surface area contributed by atoms with Gasteiger partial charge in [-0.15, -0.1) is 0 Å². The zero-order valence-electron chi connectivity index (χ0n) is 21.3. The van der Waals surface area contributed by atoms with Crippen molar-refractivity contribution in [2.24, 2.45) is 0 Å². The van der Waals surface area contributed by atoms with E-state index in [4.69, 9.17) is 10.2 Å². The molecule has 0 aliphatic carbocycles. The summed E-state index contributed by atoms with van der Waals surface area (Å²) < 4.78 is 0. The van der Waals surface area contributed by atoms with E-state index in [1.54, 1.807) is 0 Å². The normalized spacial score (nSPS) is 10.5. The minimum absolute atomic E-state index is 0. The van der Waals surface area contributed by atoms with E-state index in [9.17, 15) is 39.6 Å². The maximum absolute atomic E-state index is 11.3. The number of aromatic hydroxyl groups is 2. The Morgan fingerprint density at radius 3 is 1.29 bits per heavy atom. The molecule has 0 radical (unpaired) electrons. The van der Waals surface area contributed by atoms with Crippen molar-refractivity contribution in [2.75, 3.05) is 26.2 Å². The van der Waals surface area contributed by atoms with Gasteiger partial charge in [0.1, 0.15) is 11.5 Å². The number of benzene rings is 2. The zero-order valence-corrected chi connectivity index (χ0v) is 27.5. The van der Waals surface area contributed by atoms with Crippen LogP contribution in [0.4, 0.5) is 0 Å². The molecule has 2 rings (SSSR count). The molecule has 12 nitrogen and oxygen atoms in total. The van der Waals surface area contributed by atoms with E-state index in [1.165, 1.54) is 46.2 Å². The third kappa shape index (κ3) is 14.0. The molecule has 0 atom stereocenters. The van der Waals surface area contributed by atoms with Crippen LogP contribution in [0, 0.1) is 0 Å². The van der Waals surface area contributed by atoms with Crippen molar-refractivity contribution in [2.45, 2.75) is 25.9 Å². The number of carbonyl (C=O) groups excluding carboxylic acids is 2. The summed E-state index contributed by atoms with van der Waals surface area (Å²) in [5.74, 6) is -5.32. The number of phenolic OH excluding ortho intramolecular Hbond substituents is 2. The number of carboxylic acids is 4. The molecule has 0 aliphatic rings. The fourth-order valence-electron chi connectivity index (χ4n) is 3.66. The summed E-state index contributed by atoms with van der Waals surface area (Å²) in [6.07, 6.45) is -0.588. The van der Waals surface area contributed by atoms with Gasteiger partial charge in [-0.1, -0.05) is 24.3 Å². The third-order valence-electron chi connectivity index (χ3n) is 5.22. The van der Waals surface area contributed by atoms with E-state index >= 15 is 0 Å². The molecule has 194 valence electrons. The van der Waals surface area contributed by atoms with Gasteiger partial charge in [0.05, 0.1) is 24.8 Å². The maximum atomic E-state index is 11.3. The quantitative estimate of drug-likeness (QED) is 0.145. The second-order valence-corrected chi connectivity index (χ2v) is 8.23. The Balaban J connectivity index is 0.00000684. The van der Waals surface area contributed by atoms with Gasteiger partial charge in [-0.05, 0) is 23.3 Å². The van der Waals surface area contributed by atoms with Gasteiger partial charge >= 0.3 is 115 Å². The summed E-state index contributed by atoms with van der Waals surface area (Å²) in [7, 11) is 0. The van der Waals surface area contributed by atoms with E-state index in [2.05, 4.69) is 0 Å². The van der Waals surface area contributed by atoms with Crippen LogP contribution in [-0.2, 0) is 45.1 Å². The molecule has 2 aromatic carbocycles. The molecule has 0 spiro atoms. The third-order valence-corrected chi connectivity index (χ3v) is 5.22. The first-order valence-corrected chi connectivity index (χ1v) is 10.8. The Morgan fingerprint density at radius 2 is 1.00 bits per heavy atom. The van der Waals surface area contributed by atoms with Crippen molar-refractivity contribution in [3.63, 3.8) is 0 Å². The second kappa shape index (κ2) is 18.5. The number of carboxylic acid groups (broad SMARTS) is 4. The minimum Gasteiger partial charge on any atom is -0.549 e. The van der Waals surface area contributed by atoms with Gasteiger partial charge in [0.2, 0.25) is 0 Å². The number of hydrogen-bond donors (Lipinski definition) is 4. The van der Waals surface area contributed by atoms with Gasteiger partial charge in [-0.25, -0.2) is 0 Å². The molecule has 14 heteroatoms. The van der Waals surface area contributed by atoms with Crippen molar-refractivity contribution in [1.29, 1.82) is 0 Å². The standard InChI is InChI=1S/C24H28N2O10.2K/c27-19-3-1-15(9-21(29)30)7-17(19)11-25(13-23(33)34)5-6-26(14-24(35)36)12-18-8-16(10-22(31)32)2-4-20(18)28;;/h1-4,7-8,27-28H,5-6,9-14H2,(H,29,30)(H,31,32)(H,33,34)(H,35,36);;/q;2*+1/p-2. The first kappa shape index (κ1) is 37.1. The van der Waals surface area contributed by atoms with Gasteiger partial charge in [-0.2, -0.15) is 0 Å². The molecule has 0 amide bonds.